The van der Waals surface area contributed by atoms with Gasteiger partial charge in [-0.3, -0.25) is 0 Å². The zero-order chi connectivity index (χ0) is 15.1. The van der Waals surface area contributed by atoms with Gasteiger partial charge < -0.3 is 10.2 Å². The fourth-order valence-electron chi connectivity index (χ4n) is 2.30. The van der Waals surface area contributed by atoms with Gasteiger partial charge in [0.15, 0.2) is 0 Å². The minimum atomic E-state index is -3.55. The molecule has 0 radical (unpaired) electrons. The van der Waals surface area contributed by atoms with E-state index in [4.69, 9.17) is 4.74 Å². The summed E-state index contributed by atoms with van der Waals surface area (Å²) in [4.78, 5) is 2.59. The van der Waals surface area contributed by atoms with Gasteiger partial charge >= 0.3 is 0 Å². The van der Waals surface area contributed by atoms with Gasteiger partial charge in [-0.05, 0) is 56.9 Å². The highest BCUT2D eigenvalue weighted by Gasteiger charge is 2.13. The minimum absolute atomic E-state index is 0.209. The van der Waals surface area contributed by atoms with Crippen molar-refractivity contribution in [3.05, 3.63) is 36.0 Å². The normalized spacial score (nSPS) is 15.6. The SMILES string of the molecule is CCOc1ccc(S(=O)(=O)NNC=C2CCCCC2)cc1. The quantitative estimate of drug-likeness (QED) is 0.793. The molecule has 0 bridgehead atoms. The largest absolute Gasteiger partial charge is 0.494 e. The van der Waals surface area contributed by atoms with Crippen molar-refractivity contribution < 1.29 is 13.2 Å². The highest BCUT2D eigenvalue weighted by Crippen LogP contribution is 2.21. The summed E-state index contributed by atoms with van der Waals surface area (Å²) in [6.07, 6.45) is 7.47. The number of hydrogen-bond donors (Lipinski definition) is 2. The minimum Gasteiger partial charge on any atom is -0.494 e. The van der Waals surface area contributed by atoms with Crippen LogP contribution in [0.1, 0.15) is 39.0 Å². The maximum Gasteiger partial charge on any atom is 0.257 e. The van der Waals surface area contributed by atoms with Crippen LogP contribution in [0, 0.1) is 0 Å². The van der Waals surface area contributed by atoms with E-state index in [1.807, 2.05) is 6.92 Å². The molecule has 5 nitrogen and oxygen atoms in total. The second-order valence-electron chi connectivity index (χ2n) is 5.02. The summed E-state index contributed by atoms with van der Waals surface area (Å²) in [6, 6.07) is 6.36. The molecule has 1 aliphatic carbocycles. The van der Waals surface area contributed by atoms with Crippen molar-refractivity contribution in [2.75, 3.05) is 6.61 Å². The van der Waals surface area contributed by atoms with Crippen LogP contribution in [0.5, 0.6) is 5.75 Å². The number of allylic oxidation sites excluding steroid dienone is 1. The number of hydrazine groups is 1. The molecule has 1 saturated carbocycles. The Morgan fingerprint density at radius 3 is 2.43 bits per heavy atom. The van der Waals surface area contributed by atoms with Crippen LogP contribution < -0.4 is 15.0 Å². The fraction of sp³-hybridized carbons (Fsp3) is 0.467. The summed E-state index contributed by atoms with van der Waals surface area (Å²) >= 11 is 0. The molecule has 0 amide bonds. The zero-order valence-corrected chi connectivity index (χ0v) is 13.1. The van der Waals surface area contributed by atoms with Crippen LogP contribution in [0.2, 0.25) is 0 Å². The molecule has 2 N–H and O–H groups in total. The van der Waals surface area contributed by atoms with Gasteiger partial charge in [0.2, 0.25) is 0 Å². The Morgan fingerprint density at radius 1 is 1.14 bits per heavy atom. The molecule has 116 valence electrons. The predicted molar refractivity (Wildman–Crippen MR) is 82.2 cm³/mol. The molecule has 6 heteroatoms. The molecular formula is C15H22N2O3S. The van der Waals surface area contributed by atoms with Crippen LogP contribution in [0.4, 0.5) is 0 Å². The molecule has 2 rings (SSSR count). The Morgan fingerprint density at radius 2 is 1.81 bits per heavy atom. The standard InChI is InChI=1S/C15H22N2O3S/c1-2-20-14-8-10-15(11-9-14)21(18,19)17-16-12-13-6-4-3-5-7-13/h8-12,16-17H,2-7H2,1H3. The molecular weight excluding hydrogens is 288 g/mol. The van der Waals surface area contributed by atoms with Gasteiger partial charge in [0, 0.05) is 6.20 Å². The van der Waals surface area contributed by atoms with Gasteiger partial charge in [-0.25, -0.2) is 8.42 Å². The first-order valence-corrected chi connectivity index (χ1v) is 8.78. The van der Waals surface area contributed by atoms with E-state index in [9.17, 15) is 8.42 Å². The van der Waals surface area contributed by atoms with E-state index >= 15 is 0 Å². The molecule has 0 unspecified atom stereocenters. The third-order valence-corrected chi connectivity index (χ3v) is 4.69. The molecule has 1 aromatic rings. The van der Waals surface area contributed by atoms with Crippen molar-refractivity contribution in [2.24, 2.45) is 0 Å². The zero-order valence-electron chi connectivity index (χ0n) is 12.3. The molecule has 1 fully saturated rings. The van der Waals surface area contributed by atoms with E-state index in [0.717, 1.165) is 12.8 Å². The molecule has 0 saturated heterocycles. The van der Waals surface area contributed by atoms with Gasteiger partial charge in [-0.15, -0.1) is 4.83 Å². The number of hydrogen-bond acceptors (Lipinski definition) is 4. The average Bonchev–Trinajstić information content (AvgIpc) is 2.49. The maximum absolute atomic E-state index is 12.1. The first kappa shape index (κ1) is 15.9. The average molecular weight is 310 g/mol. The monoisotopic (exact) mass is 310 g/mol. The van der Waals surface area contributed by atoms with Crippen molar-refractivity contribution in [3.63, 3.8) is 0 Å². The van der Waals surface area contributed by atoms with E-state index in [1.54, 1.807) is 18.3 Å². The molecule has 1 aliphatic rings. The molecule has 0 aromatic heterocycles. The van der Waals surface area contributed by atoms with Gasteiger partial charge in [0.05, 0.1) is 11.5 Å². The second-order valence-corrected chi connectivity index (χ2v) is 6.70. The van der Waals surface area contributed by atoms with Crippen molar-refractivity contribution in [1.29, 1.82) is 0 Å². The van der Waals surface area contributed by atoms with E-state index in [2.05, 4.69) is 10.3 Å². The maximum atomic E-state index is 12.1. The molecule has 21 heavy (non-hydrogen) atoms. The highest BCUT2D eigenvalue weighted by atomic mass is 32.2. The third-order valence-electron chi connectivity index (χ3n) is 3.41. The van der Waals surface area contributed by atoms with Gasteiger partial charge in [-0.1, -0.05) is 12.0 Å². The predicted octanol–water partition coefficient (Wildman–Crippen LogP) is 2.72. The van der Waals surface area contributed by atoms with Crippen molar-refractivity contribution in [1.82, 2.24) is 10.3 Å². The topological polar surface area (TPSA) is 67.4 Å². The Balaban J connectivity index is 1.94. The van der Waals surface area contributed by atoms with Crippen LogP contribution in [-0.4, -0.2) is 15.0 Å². The smallest absolute Gasteiger partial charge is 0.257 e. The van der Waals surface area contributed by atoms with Crippen LogP contribution in [0.15, 0.2) is 40.9 Å². The van der Waals surface area contributed by atoms with E-state index in [1.165, 1.54) is 37.0 Å². The van der Waals surface area contributed by atoms with Crippen molar-refractivity contribution in [3.8, 4) is 5.75 Å². The van der Waals surface area contributed by atoms with Crippen LogP contribution in [0.25, 0.3) is 0 Å². The molecule has 0 heterocycles. The Bertz CT molecular complexity index is 571. The molecule has 0 spiro atoms. The Hall–Kier alpha value is -1.53. The number of rotatable bonds is 6. The molecule has 1 aromatic carbocycles. The lowest BCUT2D eigenvalue weighted by Crippen LogP contribution is -2.34. The molecule has 0 atom stereocenters. The lowest BCUT2D eigenvalue weighted by molar-refractivity contribution is 0.340. The Kier molecular flexibility index (Phi) is 5.64. The summed E-state index contributed by atoms with van der Waals surface area (Å²) in [5, 5.41) is 0. The summed E-state index contributed by atoms with van der Waals surface area (Å²) < 4.78 is 29.5. The third kappa shape index (κ3) is 4.75. The first-order valence-electron chi connectivity index (χ1n) is 7.30. The number of benzene rings is 1. The summed E-state index contributed by atoms with van der Waals surface area (Å²) in [5.41, 5.74) is 3.96. The van der Waals surface area contributed by atoms with E-state index in [-0.39, 0.29) is 4.90 Å². The summed E-state index contributed by atoms with van der Waals surface area (Å²) in [5.74, 6) is 0.661. The van der Waals surface area contributed by atoms with Crippen LogP contribution >= 0.6 is 0 Å². The van der Waals surface area contributed by atoms with Gasteiger partial charge in [0.1, 0.15) is 5.75 Å². The summed E-state index contributed by atoms with van der Waals surface area (Å²) in [6.45, 7) is 2.44. The number of ether oxygens (including phenoxy) is 1. The van der Waals surface area contributed by atoms with Gasteiger partial charge in [0.25, 0.3) is 10.0 Å². The fourth-order valence-corrected chi connectivity index (χ4v) is 3.13. The Labute approximate surface area is 126 Å². The number of nitrogens with one attached hydrogen (secondary N) is 2. The summed E-state index contributed by atoms with van der Waals surface area (Å²) in [7, 11) is -3.55. The lowest BCUT2D eigenvalue weighted by Gasteiger charge is -2.14. The van der Waals surface area contributed by atoms with Crippen molar-refractivity contribution in [2.45, 2.75) is 43.9 Å². The molecule has 0 aliphatic heterocycles. The van der Waals surface area contributed by atoms with Crippen LogP contribution in [0.3, 0.4) is 0 Å². The first-order chi connectivity index (χ1) is 10.1. The van der Waals surface area contributed by atoms with Crippen LogP contribution in [-0.2, 0) is 10.0 Å². The number of sulfonamides is 1. The van der Waals surface area contributed by atoms with E-state index < -0.39 is 10.0 Å². The van der Waals surface area contributed by atoms with Gasteiger partial charge in [-0.2, -0.15) is 0 Å². The van der Waals surface area contributed by atoms with Crippen molar-refractivity contribution >= 4 is 10.0 Å². The second kappa shape index (κ2) is 7.47. The highest BCUT2D eigenvalue weighted by molar-refractivity contribution is 7.89. The van der Waals surface area contributed by atoms with E-state index in [0.29, 0.717) is 12.4 Å². The lowest BCUT2D eigenvalue weighted by atomic mass is 9.96.